The molecule has 0 spiro atoms. The highest BCUT2D eigenvalue weighted by molar-refractivity contribution is 6.42. The van der Waals surface area contributed by atoms with Gasteiger partial charge in [0.2, 0.25) is 0 Å². The van der Waals surface area contributed by atoms with Crippen molar-refractivity contribution in [1.29, 1.82) is 0 Å². The van der Waals surface area contributed by atoms with Crippen molar-refractivity contribution in [2.24, 2.45) is 10.2 Å². The van der Waals surface area contributed by atoms with Crippen LogP contribution in [0.2, 0.25) is 0 Å². The van der Waals surface area contributed by atoms with E-state index in [0.717, 1.165) is 30.8 Å². The Morgan fingerprint density at radius 2 is 1.14 bits per heavy atom. The Hall–Kier alpha value is -5.06. The third-order valence-electron chi connectivity index (χ3n) is 5.51. The van der Waals surface area contributed by atoms with Crippen LogP contribution in [0.25, 0.3) is 0 Å². The largest absolute Gasteiger partial charge is 0.303 e. The normalized spacial score (nSPS) is 16.2. The van der Waals surface area contributed by atoms with Crippen molar-refractivity contribution in [3.05, 3.63) is 76.9 Å². The van der Waals surface area contributed by atoms with E-state index in [-0.39, 0.29) is 11.4 Å². The maximum Gasteiger partial charge on any atom is 0.301 e. The summed E-state index contributed by atoms with van der Waals surface area (Å²) in [5, 5.41) is 53.3. The van der Waals surface area contributed by atoms with Gasteiger partial charge in [-0.3, -0.25) is 51.3 Å². The van der Waals surface area contributed by atoms with E-state index < -0.39 is 42.4 Å². The molecule has 0 unspecified atom stereocenters. The number of nitrogens with zero attached hydrogens (tertiary/aromatic N) is 7. The van der Waals surface area contributed by atoms with Gasteiger partial charge in [-0.15, -0.1) is 0 Å². The predicted octanol–water partition coefficient (Wildman–Crippen LogP) is 3.67. The first-order valence-corrected chi connectivity index (χ1v) is 10.8. The summed E-state index contributed by atoms with van der Waals surface area (Å²) in [6, 6.07) is 6.18. The van der Waals surface area contributed by atoms with E-state index in [1.807, 2.05) is 6.92 Å². The smallest absolute Gasteiger partial charge is 0.301 e. The van der Waals surface area contributed by atoms with Crippen molar-refractivity contribution >= 4 is 45.5 Å². The van der Waals surface area contributed by atoms with Gasteiger partial charge in [0.25, 0.3) is 11.4 Å². The first-order valence-electron chi connectivity index (χ1n) is 10.8. The van der Waals surface area contributed by atoms with Crippen molar-refractivity contribution < 1.29 is 19.7 Å². The molecule has 0 radical (unpaired) electrons. The maximum atomic E-state index is 11.4. The molecule has 1 saturated heterocycles. The second kappa shape index (κ2) is 11.6. The second-order valence-corrected chi connectivity index (χ2v) is 7.71. The lowest BCUT2D eigenvalue weighted by Crippen LogP contribution is -2.24. The Morgan fingerprint density at radius 1 is 0.730 bits per heavy atom. The minimum atomic E-state index is -0.772. The second-order valence-electron chi connectivity index (χ2n) is 7.71. The van der Waals surface area contributed by atoms with Crippen LogP contribution in [0.3, 0.4) is 0 Å². The highest BCUT2D eigenvalue weighted by Gasteiger charge is 2.23. The van der Waals surface area contributed by atoms with E-state index in [0.29, 0.717) is 37.4 Å². The molecule has 2 aromatic carbocycles. The van der Waals surface area contributed by atoms with Crippen LogP contribution < -0.4 is 10.9 Å². The molecule has 37 heavy (non-hydrogen) atoms. The van der Waals surface area contributed by atoms with Gasteiger partial charge < -0.3 is 4.90 Å². The van der Waals surface area contributed by atoms with Gasteiger partial charge in [0.05, 0.1) is 43.2 Å². The number of hydrogen-bond donors (Lipinski definition) is 2. The lowest BCUT2D eigenvalue weighted by molar-refractivity contribution is -0.393. The highest BCUT2D eigenvalue weighted by atomic mass is 16.6. The summed E-state index contributed by atoms with van der Waals surface area (Å²) in [5.41, 5.74) is 3.85. The number of likely N-dealkylation sites (tertiary alicyclic amines) is 1. The van der Waals surface area contributed by atoms with Crippen LogP contribution >= 0.6 is 0 Å². The summed E-state index contributed by atoms with van der Waals surface area (Å²) in [6.07, 6.45) is 0.759. The van der Waals surface area contributed by atoms with Crippen molar-refractivity contribution in [2.75, 3.05) is 30.5 Å². The fourth-order valence-corrected chi connectivity index (χ4v) is 3.50. The molecule has 2 aromatic rings. The summed E-state index contributed by atoms with van der Waals surface area (Å²) in [7, 11) is 0. The number of nitro groups is 4. The van der Waals surface area contributed by atoms with Crippen LogP contribution in [-0.2, 0) is 0 Å². The number of rotatable bonds is 9. The van der Waals surface area contributed by atoms with Crippen molar-refractivity contribution in [3.8, 4) is 0 Å². The molecule has 194 valence electrons. The van der Waals surface area contributed by atoms with Crippen LogP contribution in [0.15, 0.2) is 46.6 Å². The Morgan fingerprint density at radius 3 is 1.46 bits per heavy atom. The van der Waals surface area contributed by atoms with Crippen LogP contribution in [0, 0.1) is 40.5 Å². The average Bonchev–Trinajstić information content (AvgIpc) is 3.07. The summed E-state index contributed by atoms with van der Waals surface area (Å²) in [5.74, 6) is 0. The highest BCUT2D eigenvalue weighted by Crippen LogP contribution is 2.30. The zero-order chi connectivity index (χ0) is 27.1. The Labute approximate surface area is 208 Å². The molecule has 0 saturated carbocycles. The van der Waals surface area contributed by atoms with E-state index >= 15 is 0 Å². The molecule has 0 aromatic heterocycles. The fraction of sp³-hybridized carbons (Fsp3) is 0.300. The lowest BCUT2D eigenvalue weighted by atomic mass is 10.1. The van der Waals surface area contributed by atoms with Gasteiger partial charge in [-0.05, 0) is 18.7 Å². The van der Waals surface area contributed by atoms with Crippen molar-refractivity contribution in [3.63, 3.8) is 0 Å². The van der Waals surface area contributed by atoms with E-state index in [9.17, 15) is 40.5 Å². The SMILES string of the molecule is CCN1CCC(=NNc2ccc([N+](=O)[O-])cc2[N+](=O)[O-])C(=NNc2ccc([N+](=O)[O-])cc2[N+](=O)[O-])CC1. The van der Waals surface area contributed by atoms with Crippen LogP contribution in [0.5, 0.6) is 0 Å². The van der Waals surface area contributed by atoms with Gasteiger partial charge in [0.15, 0.2) is 0 Å². The van der Waals surface area contributed by atoms with Gasteiger partial charge in [0, 0.05) is 38.1 Å². The number of benzene rings is 2. The molecule has 1 aliphatic heterocycles. The molecule has 17 nitrogen and oxygen atoms in total. The van der Waals surface area contributed by atoms with Gasteiger partial charge >= 0.3 is 11.4 Å². The Kier molecular flexibility index (Phi) is 8.31. The van der Waals surface area contributed by atoms with Crippen molar-refractivity contribution in [2.45, 2.75) is 19.8 Å². The van der Waals surface area contributed by atoms with E-state index in [1.54, 1.807) is 0 Å². The minimum absolute atomic E-state index is 0.0713. The van der Waals surface area contributed by atoms with Crippen molar-refractivity contribution in [1.82, 2.24) is 4.90 Å². The van der Waals surface area contributed by atoms with Gasteiger partial charge in [-0.25, -0.2) is 0 Å². The van der Waals surface area contributed by atoms with Crippen LogP contribution in [-0.4, -0.2) is 55.7 Å². The Bertz CT molecular complexity index is 1210. The number of anilines is 2. The molecule has 2 N–H and O–H groups in total. The molecule has 1 heterocycles. The van der Waals surface area contributed by atoms with Crippen LogP contribution in [0.4, 0.5) is 34.1 Å². The predicted molar refractivity (Wildman–Crippen MR) is 133 cm³/mol. The molecule has 0 atom stereocenters. The quantitative estimate of drug-likeness (QED) is 0.362. The van der Waals surface area contributed by atoms with Gasteiger partial charge in [0.1, 0.15) is 11.4 Å². The first-order chi connectivity index (χ1) is 17.6. The number of hydrazone groups is 2. The molecule has 1 aliphatic rings. The lowest BCUT2D eigenvalue weighted by Gasteiger charge is -2.15. The molecule has 17 heteroatoms. The molecular weight excluding hydrogens is 494 g/mol. The molecule has 0 amide bonds. The molecular formula is C20H21N9O8. The summed E-state index contributed by atoms with van der Waals surface area (Å²) >= 11 is 0. The summed E-state index contributed by atoms with van der Waals surface area (Å²) in [4.78, 5) is 43.8. The zero-order valence-corrected chi connectivity index (χ0v) is 19.4. The average molecular weight is 515 g/mol. The van der Waals surface area contributed by atoms with Gasteiger partial charge in [-0.2, -0.15) is 10.2 Å². The zero-order valence-electron chi connectivity index (χ0n) is 19.4. The molecule has 1 fully saturated rings. The number of nitrogens with one attached hydrogen (secondary N) is 2. The molecule has 0 aliphatic carbocycles. The number of non-ortho nitro benzene ring substituents is 2. The maximum absolute atomic E-state index is 11.4. The number of hydrogen-bond acceptors (Lipinski definition) is 13. The third kappa shape index (κ3) is 6.54. The number of nitro benzene ring substituents is 4. The van der Waals surface area contributed by atoms with Crippen LogP contribution in [0.1, 0.15) is 19.8 Å². The van der Waals surface area contributed by atoms with E-state index in [2.05, 4.69) is 26.0 Å². The molecule has 3 rings (SSSR count). The standard InChI is InChI=1S/C20H21N9O8/c1-2-25-9-7-15(21-23-17-5-3-13(26(30)31)11-19(17)28(34)35)16(8-10-25)22-24-18-6-4-14(27(32)33)12-20(18)29(36)37/h3-6,11-12,23-24H,2,7-10H2,1H3. The third-order valence-corrected chi connectivity index (χ3v) is 5.51. The topological polar surface area (TPSA) is 225 Å². The summed E-state index contributed by atoms with van der Waals surface area (Å²) in [6.45, 7) is 3.89. The first kappa shape index (κ1) is 26.5. The Balaban J connectivity index is 1.95. The fourth-order valence-electron chi connectivity index (χ4n) is 3.50. The monoisotopic (exact) mass is 515 g/mol. The van der Waals surface area contributed by atoms with Gasteiger partial charge in [-0.1, -0.05) is 6.92 Å². The van der Waals surface area contributed by atoms with E-state index in [1.165, 1.54) is 12.1 Å². The summed E-state index contributed by atoms with van der Waals surface area (Å²) < 4.78 is 0. The molecule has 0 bridgehead atoms. The van der Waals surface area contributed by atoms with E-state index in [4.69, 9.17) is 0 Å². The minimum Gasteiger partial charge on any atom is -0.303 e.